The van der Waals surface area contributed by atoms with Gasteiger partial charge in [-0.05, 0) is 52.0 Å². The summed E-state index contributed by atoms with van der Waals surface area (Å²) in [5.74, 6) is 0. The number of halogens is 3. The van der Waals surface area contributed by atoms with Gasteiger partial charge in [-0.1, -0.05) is 11.6 Å². The molecule has 0 bridgehead atoms. The van der Waals surface area contributed by atoms with Gasteiger partial charge in [0, 0.05) is 17.6 Å². The summed E-state index contributed by atoms with van der Waals surface area (Å²) in [5, 5.41) is 10.6. The Kier molecular flexibility index (Phi) is 5.86. The van der Waals surface area contributed by atoms with Crippen LogP contribution in [0.3, 0.4) is 0 Å². The van der Waals surface area contributed by atoms with Crippen molar-refractivity contribution in [3.8, 4) is 17.5 Å². The number of nitriles is 1. The quantitative estimate of drug-likeness (QED) is 0.611. The molecule has 1 aromatic carbocycles. The van der Waals surface area contributed by atoms with Gasteiger partial charge in [-0.25, -0.2) is 8.42 Å². The Morgan fingerprint density at radius 1 is 1.16 bits per heavy atom. The Morgan fingerprint density at radius 2 is 1.84 bits per heavy atom. The first kappa shape index (κ1) is 22.8. The van der Waals surface area contributed by atoms with Gasteiger partial charge in [0.2, 0.25) is 10.0 Å². The molecule has 2 aromatic heterocycles. The van der Waals surface area contributed by atoms with E-state index in [9.17, 15) is 26.9 Å². The normalized spacial score (nSPS) is 13.5. The summed E-state index contributed by atoms with van der Waals surface area (Å²) < 4.78 is 66.4. The van der Waals surface area contributed by atoms with E-state index in [2.05, 4.69) is 11.1 Å². The number of pyridine rings is 1. The lowest BCUT2D eigenvalue weighted by Crippen LogP contribution is -2.42. The van der Waals surface area contributed by atoms with Crippen molar-refractivity contribution in [2.24, 2.45) is 0 Å². The Balaban J connectivity index is 2.11. The van der Waals surface area contributed by atoms with Crippen LogP contribution in [0.5, 0.6) is 0 Å². The molecule has 31 heavy (non-hydrogen) atoms. The third-order valence-electron chi connectivity index (χ3n) is 4.90. The molecular weight excluding hydrogens is 429 g/mol. The summed E-state index contributed by atoms with van der Waals surface area (Å²) in [7, 11) is -4.42. The highest BCUT2D eigenvalue weighted by molar-refractivity contribution is 7.89. The van der Waals surface area contributed by atoms with Crippen LogP contribution in [-0.4, -0.2) is 30.2 Å². The van der Waals surface area contributed by atoms with E-state index >= 15 is 0 Å². The lowest BCUT2D eigenvalue weighted by Gasteiger charge is -2.17. The fourth-order valence-corrected chi connectivity index (χ4v) is 4.55. The molecule has 1 N–H and O–H groups in total. The summed E-state index contributed by atoms with van der Waals surface area (Å²) in [5.41, 5.74) is 3.10. The summed E-state index contributed by atoms with van der Waals surface area (Å²) >= 11 is 0. The highest BCUT2D eigenvalue weighted by atomic mass is 32.2. The van der Waals surface area contributed by atoms with E-state index in [4.69, 9.17) is 0 Å². The zero-order valence-corrected chi connectivity index (χ0v) is 18.1. The molecule has 0 saturated carbocycles. The van der Waals surface area contributed by atoms with Crippen LogP contribution in [0, 0.1) is 18.3 Å². The minimum Gasteiger partial charge on any atom is -0.336 e. The van der Waals surface area contributed by atoms with Gasteiger partial charge in [-0.15, -0.1) is 0 Å². The van der Waals surface area contributed by atoms with Crippen molar-refractivity contribution in [2.45, 2.75) is 50.9 Å². The largest absolute Gasteiger partial charge is 0.404 e. The molecule has 0 aliphatic rings. The molecule has 2 heterocycles. The number of aromatic nitrogens is 2. The Hall–Kier alpha value is -2.90. The number of sulfonamides is 1. The number of rotatable bonds is 5. The van der Waals surface area contributed by atoms with Crippen molar-refractivity contribution in [3.05, 3.63) is 47.7 Å². The van der Waals surface area contributed by atoms with Crippen LogP contribution in [0.4, 0.5) is 13.2 Å². The molecule has 0 spiro atoms. The Bertz CT molecular complexity index is 1270. The van der Waals surface area contributed by atoms with Crippen LogP contribution in [0.25, 0.3) is 22.3 Å². The maximum atomic E-state index is 12.7. The van der Waals surface area contributed by atoms with E-state index < -0.39 is 27.1 Å². The summed E-state index contributed by atoms with van der Waals surface area (Å²) in [4.78, 5) is 3.79. The average Bonchev–Trinajstić information content (AvgIpc) is 3.00. The minimum atomic E-state index is -4.71. The first-order valence-corrected chi connectivity index (χ1v) is 10.9. The third kappa shape index (κ3) is 4.29. The predicted molar refractivity (Wildman–Crippen MR) is 111 cm³/mol. The fourth-order valence-electron chi connectivity index (χ4n) is 3.38. The number of nitrogens with zero attached hydrogens (tertiary/aromatic N) is 3. The van der Waals surface area contributed by atoms with Gasteiger partial charge in [-0.3, -0.25) is 4.98 Å². The summed E-state index contributed by atoms with van der Waals surface area (Å²) in [6.45, 7) is 6.54. The van der Waals surface area contributed by atoms with Crippen molar-refractivity contribution in [3.63, 3.8) is 0 Å². The topological polar surface area (TPSA) is 87.8 Å². The second kappa shape index (κ2) is 7.98. The van der Waals surface area contributed by atoms with Gasteiger partial charge in [0.15, 0.2) is 0 Å². The molecule has 10 heteroatoms. The van der Waals surface area contributed by atoms with E-state index in [1.807, 2.05) is 43.5 Å². The van der Waals surface area contributed by atoms with Crippen LogP contribution in [-0.2, 0) is 10.0 Å². The van der Waals surface area contributed by atoms with E-state index in [-0.39, 0.29) is 6.04 Å². The molecule has 1 unspecified atom stereocenters. The van der Waals surface area contributed by atoms with Gasteiger partial charge < -0.3 is 4.57 Å². The minimum absolute atomic E-state index is 0.0261. The highest BCUT2D eigenvalue weighted by Crippen LogP contribution is 2.36. The van der Waals surface area contributed by atoms with Gasteiger partial charge in [0.25, 0.3) is 0 Å². The molecule has 0 fully saturated rings. The predicted octanol–water partition coefficient (Wildman–Crippen LogP) is 4.69. The van der Waals surface area contributed by atoms with Crippen molar-refractivity contribution < 1.29 is 21.6 Å². The highest BCUT2D eigenvalue weighted by Gasteiger charge is 2.39. The zero-order chi connectivity index (χ0) is 23.1. The number of nitrogens with one attached hydrogen (secondary N) is 1. The van der Waals surface area contributed by atoms with Crippen LogP contribution in [0.15, 0.2) is 41.4 Å². The number of aryl methyl sites for hydroxylation is 1. The van der Waals surface area contributed by atoms with E-state index in [0.29, 0.717) is 17.0 Å². The standard InChI is InChI=1S/C21H21F3N4O2S/c1-12(2)28-19-8-5-13(3)9-16(19)17(10-25)20(28)18-7-6-15(11-26-18)31(29,30)27-14(4)21(22,23)24/h5-9,11-12,14,27H,1-4H3. The molecular formula is C21H21F3N4O2S. The average molecular weight is 450 g/mol. The van der Waals surface area contributed by atoms with Crippen LogP contribution >= 0.6 is 0 Å². The fraction of sp³-hybridized carbons (Fsp3) is 0.333. The number of benzene rings is 1. The molecule has 1 atom stereocenters. The zero-order valence-electron chi connectivity index (χ0n) is 17.3. The Morgan fingerprint density at radius 3 is 2.35 bits per heavy atom. The molecule has 0 radical (unpaired) electrons. The SMILES string of the molecule is Cc1ccc2c(c1)c(C#N)c(-c1ccc(S(=O)(=O)NC(C)C(F)(F)F)cn1)n2C(C)C. The molecule has 0 aliphatic heterocycles. The number of hydrogen-bond acceptors (Lipinski definition) is 4. The third-order valence-corrected chi connectivity index (χ3v) is 6.42. The molecule has 0 aliphatic carbocycles. The van der Waals surface area contributed by atoms with Gasteiger partial charge >= 0.3 is 6.18 Å². The van der Waals surface area contributed by atoms with Gasteiger partial charge in [0.1, 0.15) is 17.0 Å². The number of hydrogen-bond donors (Lipinski definition) is 1. The second-order valence-electron chi connectivity index (χ2n) is 7.58. The Labute approximate surface area is 178 Å². The van der Waals surface area contributed by atoms with E-state index in [1.165, 1.54) is 12.1 Å². The molecule has 0 saturated heterocycles. The molecule has 6 nitrogen and oxygen atoms in total. The second-order valence-corrected chi connectivity index (χ2v) is 9.30. The smallest absolute Gasteiger partial charge is 0.336 e. The van der Waals surface area contributed by atoms with Crippen molar-refractivity contribution in [2.75, 3.05) is 0 Å². The number of alkyl halides is 3. The molecule has 164 valence electrons. The van der Waals surface area contributed by atoms with Crippen molar-refractivity contribution in [1.29, 1.82) is 5.26 Å². The lowest BCUT2D eigenvalue weighted by atomic mass is 10.1. The van der Waals surface area contributed by atoms with Crippen molar-refractivity contribution in [1.82, 2.24) is 14.3 Å². The van der Waals surface area contributed by atoms with Crippen LogP contribution in [0.2, 0.25) is 0 Å². The van der Waals surface area contributed by atoms with Gasteiger partial charge in [0.05, 0.1) is 22.5 Å². The van der Waals surface area contributed by atoms with Gasteiger partial charge in [-0.2, -0.15) is 23.2 Å². The molecule has 3 aromatic rings. The lowest BCUT2D eigenvalue weighted by molar-refractivity contribution is -0.147. The van der Waals surface area contributed by atoms with Crippen LogP contribution in [0.1, 0.15) is 37.9 Å². The maximum absolute atomic E-state index is 12.7. The monoisotopic (exact) mass is 450 g/mol. The summed E-state index contributed by atoms with van der Waals surface area (Å²) in [6, 6.07) is 8.27. The number of fused-ring (bicyclic) bond motifs is 1. The summed E-state index contributed by atoms with van der Waals surface area (Å²) in [6.07, 6.45) is -3.71. The van der Waals surface area contributed by atoms with E-state index in [0.717, 1.165) is 29.6 Å². The first-order chi connectivity index (χ1) is 14.4. The molecule has 0 amide bonds. The van der Waals surface area contributed by atoms with Crippen LogP contribution < -0.4 is 4.72 Å². The van der Waals surface area contributed by atoms with Crippen molar-refractivity contribution >= 4 is 20.9 Å². The first-order valence-electron chi connectivity index (χ1n) is 9.47. The van der Waals surface area contributed by atoms with E-state index in [1.54, 1.807) is 4.72 Å². The molecule has 3 rings (SSSR count). The maximum Gasteiger partial charge on any atom is 0.404 e.